The lowest BCUT2D eigenvalue weighted by molar-refractivity contribution is -0.0457. The predicted molar refractivity (Wildman–Crippen MR) is 73.5 cm³/mol. The number of aliphatic hydroxyl groups is 1. The van der Waals surface area contributed by atoms with Gasteiger partial charge in [0.1, 0.15) is 0 Å². The standard InChI is InChI=1S/C16H24O2/c1-12(2)10-16(3,17)11-15-14-7-5-4-6-13(14)8-9-18-15/h4-7,12,15,17H,8-11H2,1-3H3. The summed E-state index contributed by atoms with van der Waals surface area (Å²) in [5.74, 6) is 0.499. The summed E-state index contributed by atoms with van der Waals surface area (Å²) in [6.45, 7) is 6.97. The van der Waals surface area contributed by atoms with Gasteiger partial charge in [0, 0.05) is 6.42 Å². The summed E-state index contributed by atoms with van der Waals surface area (Å²) >= 11 is 0. The second-order valence-electron chi connectivity index (χ2n) is 6.11. The van der Waals surface area contributed by atoms with Crippen LogP contribution in [0.25, 0.3) is 0 Å². The summed E-state index contributed by atoms with van der Waals surface area (Å²) in [6, 6.07) is 8.43. The van der Waals surface area contributed by atoms with Crippen molar-refractivity contribution in [3.05, 3.63) is 35.4 Å². The van der Waals surface area contributed by atoms with E-state index in [4.69, 9.17) is 4.74 Å². The van der Waals surface area contributed by atoms with Crippen LogP contribution in [0.3, 0.4) is 0 Å². The average Bonchev–Trinajstić information content (AvgIpc) is 2.27. The summed E-state index contributed by atoms with van der Waals surface area (Å²) < 4.78 is 5.86. The van der Waals surface area contributed by atoms with Gasteiger partial charge < -0.3 is 9.84 Å². The van der Waals surface area contributed by atoms with E-state index in [9.17, 15) is 5.11 Å². The number of fused-ring (bicyclic) bond motifs is 1. The predicted octanol–water partition coefficient (Wildman–Crippen LogP) is 3.49. The lowest BCUT2D eigenvalue weighted by Gasteiger charge is -2.33. The zero-order valence-electron chi connectivity index (χ0n) is 11.6. The Morgan fingerprint density at radius 2 is 2.11 bits per heavy atom. The van der Waals surface area contributed by atoms with Crippen LogP contribution in [-0.2, 0) is 11.2 Å². The first kappa shape index (κ1) is 13.6. The summed E-state index contributed by atoms with van der Waals surface area (Å²) in [4.78, 5) is 0. The van der Waals surface area contributed by atoms with Gasteiger partial charge in [0.25, 0.3) is 0 Å². The minimum absolute atomic E-state index is 0.0451. The monoisotopic (exact) mass is 248 g/mol. The Bertz CT molecular complexity index is 396. The van der Waals surface area contributed by atoms with E-state index in [2.05, 4.69) is 38.1 Å². The van der Waals surface area contributed by atoms with E-state index < -0.39 is 5.60 Å². The van der Waals surface area contributed by atoms with Crippen LogP contribution in [-0.4, -0.2) is 17.3 Å². The van der Waals surface area contributed by atoms with Gasteiger partial charge in [0.2, 0.25) is 0 Å². The number of hydrogen-bond donors (Lipinski definition) is 1. The Hall–Kier alpha value is -0.860. The Morgan fingerprint density at radius 3 is 2.83 bits per heavy atom. The fourth-order valence-electron chi connectivity index (χ4n) is 3.01. The molecule has 0 spiro atoms. The highest BCUT2D eigenvalue weighted by Crippen LogP contribution is 2.35. The molecule has 2 nitrogen and oxygen atoms in total. The molecule has 0 amide bonds. The number of hydrogen-bond acceptors (Lipinski definition) is 2. The van der Waals surface area contributed by atoms with Crippen LogP contribution < -0.4 is 0 Å². The molecule has 100 valence electrons. The Kier molecular flexibility index (Phi) is 4.08. The summed E-state index contributed by atoms with van der Waals surface area (Å²) in [6.07, 6.45) is 2.53. The third kappa shape index (κ3) is 3.33. The molecule has 2 atom stereocenters. The molecule has 0 saturated carbocycles. The molecular formula is C16H24O2. The maximum absolute atomic E-state index is 10.5. The second-order valence-corrected chi connectivity index (χ2v) is 6.11. The molecule has 2 unspecified atom stereocenters. The normalized spacial score (nSPS) is 22.6. The first-order valence-electron chi connectivity index (χ1n) is 6.90. The molecule has 1 aliphatic rings. The fourth-order valence-corrected chi connectivity index (χ4v) is 3.01. The first-order valence-corrected chi connectivity index (χ1v) is 6.90. The third-order valence-electron chi connectivity index (χ3n) is 3.57. The van der Waals surface area contributed by atoms with Gasteiger partial charge in [-0.1, -0.05) is 38.1 Å². The third-order valence-corrected chi connectivity index (χ3v) is 3.57. The van der Waals surface area contributed by atoms with E-state index in [0.717, 1.165) is 19.4 Å². The fraction of sp³-hybridized carbons (Fsp3) is 0.625. The SMILES string of the molecule is CC(C)CC(C)(O)CC1OCCc2ccccc21. The van der Waals surface area contributed by atoms with E-state index in [1.807, 2.05) is 6.92 Å². The van der Waals surface area contributed by atoms with E-state index >= 15 is 0 Å². The molecule has 1 aromatic rings. The summed E-state index contributed by atoms with van der Waals surface area (Å²) in [5.41, 5.74) is 1.98. The van der Waals surface area contributed by atoms with Crippen LogP contribution in [0.15, 0.2) is 24.3 Å². The highest BCUT2D eigenvalue weighted by Gasteiger charge is 2.30. The largest absolute Gasteiger partial charge is 0.390 e. The molecule has 0 bridgehead atoms. The zero-order chi connectivity index (χ0) is 13.2. The Labute approximate surface area is 110 Å². The van der Waals surface area contributed by atoms with Crippen molar-refractivity contribution in [2.45, 2.75) is 51.7 Å². The molecule has 0 radical (unpaired) electrons. The Morgan fingerprint density at radius 1 is 1.39 bits per heavy atom. The molecule has 0 fully saturated rings. The topological polar surface area (TPSA) is 29.5 Å². The smallest absolute Gasteiger partial charge is 0.0855 e. The van der Waals surface area contributed by atoms with Crippen molar-refractivity contribution in [2.24, 2.45) is 5.92 Å². The van der Waals surface area contributed by atoms with Crippen LogP contribution in [0, 0.1) is 5.92 Å². The van der Waals surface area contributed by atoms with E-state index in [0.29, 0.717) is 12.3 Å². The average molecular weight is 248 g/mol. The molecule has 1 aromatic carbocycles. The van der Waals surface area contributed by atoms with Gasteiger partial charge >= 0.3 is 0 Å². The molecule has 2 rings (SSSR count). The van der Waals surface area contributed by atoms with Crippen molar-refractivity contribution in [3.8, 4) is 0 Å². The summed E-state index contributed by atoms with van der Waals surface area (Å²) in [5, 5.41) is 10.5. The maximum atomic E-state index is 10.5. The van der Waals surface area contributed by atoms with Crippen LogP contribution in [0.4, 0.5) is 0 Å². The lowest BCUT2D eigenvalue weighted by Crippen LogP contribution is -2.31. The number of rotatable bonds is 4. The van der Waals surface area contributed by atoms with Gasteiger partial charge in [-0.05, 0) is 36.8 Å². The van der Waals surface area contributed by atoms with Crippen molar-refractivity contribution >= 4 is 0 Å². The molecular weight excluding hydrogens is 224 g/mol. The Balaban J connectivity index is 2.11. The zero-order valence-corrected chi connectivity index (χ0v) is 11.6. The number of ether oxygens (including phenoxy) is 1. The molecule has 0 aromatic heterocycles. The van der Waals surface area contributed by atoms with Crippen molar-refractivity contribution in [3.63, 3.8) is 0 Å². The van der Waals surface area contributed by atoms with Gasteiger partial charge in [0.05, 0.1) is 18.3 Å². The van der Waals surface area contributed by atoms with Crippen molar-refractivity contribution in [2.75, 3.05) is 6.61 Å². The van der Waals surface area contributed by atoms with Crippen molar-refractivity contribution in [1.29, 1.82) is 0 Å². The highest BCUT2D eigenvalue weighted by atomic mass is 16.5. The van der Waals surface area contributed by atoms with Crippen LogP contribution >= 0.6 is 0 Å². The molecule has 0 aliphatic carbocycles. The highest BCUT2D eigenvalue weighted by molar-refractivity contribution is 5.31. The molecule has 2 heteroatoms. The lowest BCUT2D eigenvalue weighted by atomic mass is 9.85. The van der Waals surface area contributed by atoms with E-state index in [-0.39, 0.29) is 6.10 Å². The second kappa shape index (κ2) is 5.41. The van der Waals surface area contributed by atoms with E-state index in [1.165, 1.54) is 11.1 Å². The van der Waals surface area contributed by atoms with Gasteiger partial charge in [-0.25, -0.2) is 0 Å². The van der Waals surface area contributed by atoms with Crippen molar-refractivity contribution < 1.29 is 9.84 Å². The first-order chi connectivity index (χ1) is 8.48. The van der Waals surface area contributed by atoms with Crippen LogP contribution in [0.2, 0.25) is 0 Å². The molecule has 18 heavy (non-hydrogen) atoms. The molecule has 1 aliphatic heterocycles. The van der Waals surface area contributed by atoms with Gasteiger partial charge in [-0.15, -0.1) is 0 Å². The maximum Gasteiger partial charge on any atom is 0.0855 e. The molecule has 0 saturated heterocycles. The minimum atomic E-state index is -0.650. The van der Waals surface area contributed by atoms with Gasteiger partial charge in [0.15, 0.2) is 0 Å². The minimum Gasteiger partial charge on any atom is -0.390 e. The van der Waals surface area contributed by atoms with Crippen LogP contribution in [0.5, 0.6) is 0 Å². The van der Waals surface area contributed by atoms with Crippen LogP contribution in [0.1, 0.15) is 50.8 Å². The van der Waals surface area contributed by atoms with Gasteiger partial charge in [-0.3, -0.25) is 0 Å². The van der Waals surface area contributed by atoms with Gasteiger partial charge in [-0.2, -0.15) is 0 Å². The van der Waals surface area contributed by atoms with Crippen molar-refractivity contribution in [1.82, 2.24) is 0 Å². The molecule has 1 heterocycles. The number of benzene rings is 1. The summed E-state index contributed by atoms with van der Waals surface area (Å²) in [7, 11) is 0. The molecule has 1 N–H and O–H groups in total. The van der Waals surface area contributed by atoms with E-state index in [1.54, 1.807) is 0 Å². The quantitative estimate of drug-likeness (QED) is 0.884.